The van der Waals surface area contributed by atoms with Crippen molar-refractivity contribution in [3.8, 4) is 6.07 Å². The summed E-state index contributed by atoms with van der Waals surface area (Å²) in [6, 6.07) is 2.20. The minimum absolute atomic E-state index is 0.0562. The molecule has 3 aliphatic carbocycles. The minimum Gasteiger partial charge on any atom is -0.344 e. The SMILES string of the molecule is CC(C#N)CN(C)C(=O)C1C2C3CCC(C3)C12. The van der Waals surface area contributed by atoms with Crippen molar-refractivity contribution in [2.24, 2.45) is 35.5 Å². The monoisotopic (exact) mass is 232 g/mol. The fourth-order valence-corrected chi connectivity index (χ4v) is 4.45. The molecule has 17 heavy (non-hydrogen) atoms. The number of amides is 1. The lowest BCUT2D eigenvalue weighted by Gasteiger charge is -2.20. The molecule has 0 N–H and O–H groups in total. The highest BCUT2D eigenvalue weighted by Crippen LogP contribution is 2.69. The predicted molar refractivity (Wildman–Crippen MR) is 63.7 cm³/mol. The Morgan fingerprint density at radius 2 is 2.00 bits per heavy atom. The Labute approximate surface area is 103 Å². The molecule has 1 amide bonds. The summed E-state index contributed by atoms with van der Waals surface area (Å²) in [5.74, 6) is 3.68. The lowest BCUT2D eigenvalue weighted by Crippen LogP contribution is -2.33. The summed E-state index contributed by atoms with van der Waals surface area (Å²) in [6.07, 6.45) is 4.10. The van der Waals surface area contributed by atoms with Gasteiger partial charge < -0.3 is 4.90 Å². The van der Waals surface area contributed by atoms with Crippen LogP contribution in [0.5, 0.6) is 0 Å². The Morgan fingerprint density at radius 3 is 2.53 bits per heavy atom. The molecule has 2 bridgehead atoms. The molecule has 0 aliphatic heterocycles. The molecule has 0 heterocycles. The van der Waals surface area contributed by atoms with Gasteiger partial charge in [-0.15, -0.1) is 0 Å². The summed E-state index contributed by atoms with van der Waals surface area (Å²) in [7, 11) is 1.85. The number of carbonyl (C=O) groups is 1. The fraction of sp³-hybridized carbons (Fsp3) is 0.857. The van der Waals surface area contributed by atoms with E-state index in [4.69, 9.17) is 5.26 Å². The minimum atomic E-state index is -0.0562. The van der Waals surface area contributed by atoms with Gasteiger partial charge in [-0.1, -0.05) is 0 Å². The molecule has 5 atom stereocenters. The zero-order valence-electron chi connectivity index (χ0n) is 10.6. The van der Waals surface area contributed by atoms with Crippen LogP contribution in [0.1, 0.15) is 26.2 Å². The first-order valence-corrected chi connectivity index (χ1v) is 6.78. The van der Waals surface area contributed by atoms with E-state index in [-0.39, 0.29) is 5.92 Å². The van der Waals surface area contributed by atoms with Crippen LogP contribution in [0.2, 0.25) is 0 Å². The van der Waals surface area contributed by atoms with Gasteiger partial charge in [-0.3, -0.25) is 4.79 Å². The van der Waals surface area contributed by atoms with E-state index in [1.807, 2.05) is 14.0 Å². The van der Waals surface area contributed by atoms with E-state index in [0.29, 0.717) is 30.2 Å². The van der Waals surface area contributed by atoms with Crippen LogP contribution in [0.15, 0.2) is 0 Å². The first-order chi connectivity index (χ1) is 8.13. The summed E-state index contributed by atoms with van der Waals surface area (Å²) in [5.41, 5.74) is 0. The van der Waals surface area contributed by atoms with Gasteiger partial charge >= 0.3 is 0 Å². The van der Waals surface area contributed by atoms with Gasteiger partial charge in [-0.25, -0.2) is 0 Å². The quantitative estimate of drug-likeness (QED) is 0.746. The van der Waals surface area contributed by atoms with Crippen LogP contribution < -0.4 is 0 Å². The van der Waals surface area contributed by atoms with Crippen molar-refractivity contribution in [2.75, 3.05) is 13.6 Å². The van der Waals surface area contributed by atoms with Gasteiger partial charge in [0.2, 0.25) is 5.91 Å². The van der Waals surface area contributed by atoms with Crippen molar-refractivity contribution in [1.29, 1.82) is 5.26 Å². The lowest BCUT2D eigenvalue weighted by molar-refractivity contribution is -0.132. The highest BCUT2D eigenvalue weighted by atomic mass is 16.2. The third kappa shape index (κ3) is 1.57. The maximum absolute atomic E-state index is 12.3. The Kier molecular flexibility index (Phi) is 2.43. The van der Waals surface area contributed by atoms with Crippen molar-refractivity contribution in [3.05, 3.63) is 0 Å². The van der Waals surface area contributed by atoms with Crippen LogP contribution >= 0.6 is 0 Å². The second-order valence-corrected chi connectivity index (χ2v) is 6.26. The number of fused-ring (bicyclic) bond motifs is 5. The standard InChI is InChI=1S/C14H20N2O/c1-8(6-15)7-16(2)14(17)13-11-9-3-4-10(5-9)12(11)13/h8-13H,3-5,7H2,1-2H3. The average Bonchev–Trinajstić information content (AvgIpc) is 2.75. The molecule has 0 spiro atoms. The highest BCUT2D eigenvalue weighted by Gasteiger charge is 2.67. The summed E-state index contributed by atoms with van der Waals surface area (Å²) in [4.78, 5) is 14.1. The predicted octanol–water partition coefficient (Wildman–Crippen LogP) is 1.90. The molecule has 3 saturated carbocycles. The summed E-state index contributed by atoms with van der Waals surface area (Å²) >= 11 is 0. The van der Waals surface area contributed by atoms with Crippen molar-refractivity contribution < 1.29 is 4.79 Å². The number of hydrogen-bond acceptors (Lipinski definition) is 2. The Hall–Kier alpha value is -1.04. The molecule has 92 valence electrons. The van der Waals surface area contributed by atoms with E-state index in [1.165, 1.54) is 19.3 Å². The molecule has 0 radical (unpaired) electrons. The normalized spacial score (nSPS) is 42.8. The zero-order chi connectivity index (χ0) is 12.2. The average molecular weight is 232 g/mol. The molecule has 0 aromatic carbocycles. The van der Waals surface area contributed by atoms with Crippen LogP contribution in [0.3, 0.4) is 0 Å². The first kappa shape index (κ1) is 11.1. The number of hydrogen-bond donors (Lipinski definition) is 0. The van der Waals surface area contributed by atoms with Gasteiger partial charge in [0.05, 0.1) is 12.0 Å². The summed E-state index contributed by atoms with van der Waals surface area (Å²) in [5, 5.41) is 8.79. The van der Waals surface area contributed by atoms with Crippen LogP contribution in [-0.4, -0.2) is 24.4 Å². The molecule has 3 heteroatoms. The van der Waals surface area contributed by atoms with Gasteiger partial charge in [0.25, 0.3) is 0 Å². The van der Waals surface area contributed by atoms with Crippen LogP contribution in [0, 0.1) is 46.8 Å². The van der Waals surface area contributed by atoms with E-state index >= 15 is 0 Å². The van der Waals surface area contributed by atoms with Gasteiger partial charge in [-0.2, -0.15) is 5.26 Å². The molecular weight excluding hydrogens is 212 g/mol. The Morgan fingerprint density at radius 1 is 1.41 bits per heavy atom. The van der Waals surface area contributed by atoms with Gasteiger partial charge in [0.1, 0.15) is 0 Å². The van der Waals surface area contributed by atoms with Crippen molar-refractivity contribution in [1.82, 2.24) is 4.90 Å². The number of rotatable bonds is 3. The summed E-state index contributed by atoms with van der Waals surface area (Å²) < 4.78 is 0. The third-order valence-corrected chi connectivity index (χ3v) is 5.16. The van der Waals surface area contributed by atoms with E-state index in [0.717, 1.165) is 11.8 Å². The van der Waals surface area contributed by atoms with Crippen LogP contribution in [0.4, 0.5) is 0 Å². The molecular formula is C14H20N2O. The number of nitrogens with zero attached hydrogens (tertiary/aromatic N) is 2. The second kappa shape index (κ2) is 3.73. The molecule has 0 saturated heterocycles. The molecule has 3 aliphatic rings. The number of nitriles is 1. The molecule has 5 unspecified atom stereocenters. The summed E-state index contributed by atoms with van der Waals surface area (Å²) in [6.45, 7) is 2.46. The van der Waals surface area contributed by atoms with E-state index in [2.05, 4.69) is 6.07 Å². The Bertz CT molecular complexity index is 370. The van der Waals surface area contributed by atoms with E-state index < -0.39 is 0 Å². The molecule has 3 rings (SSSR count). The first-order valence-electron chi connectivity index (χ1n) is 6.78. The van der Waals surface area contributed by atoms with E-state index in [9.17, 15) is 4.79 Å². The van der Waals surface area contributed by atoms with Crippen molar-refractivity contribution in [2.45, 2.75) is 26.2 Å². The number of carbonyl (C=O) groups excluding carboxylic acids is 1. The molecule has 3 fully saturated rings. The smallest absolute Gasteiger partial charge is 0.226 e. The van der Waals surface area contributed by atoms with Crippen molar-refractivity contribution in [3.63, 3.8) is 0 Å². The maximum atomic E-state index is 12.3. The van der Waals surface area contributed by atoms with Gasteiger partial charge in [-0.05, 0) is 49.9 Å². The molecule has 3 nitrogen and oxygen atoms in total. The Balaban J connectivity index is 1.60. The second-order valence-electron chi connectivity index (χ2n) is 6.26. The zero-order valence-corrected chi connectivity index (χ0v) is 10.6. The van der Waals surface area contributed by atoms with Gasteiger partial charge in [0, 0.05) is 19.5 Å². The van der Waals surface area contributed by atoms with Crippen molar-refractivity contribution >= 4 is 5.91 Å². The van der Waals surface area contributed by atoms with E-state index in [1.54, 1.807) is 4.90 Å². The molecule has 0 aromatic heterocycles. The van der Waals surface area contributed by atoms with Crippen LogP contribution in [-0.2, 0) is 4.79 Å². The third-order valence-electron chi connectivity index (χ3n) is 5.16. The maximum Gasteiger partial charge on any atom is 0.226 e. The van der Waals surface area contributed by atoms with Gasteiger partial charge in [0.15, 0.2) is 0 Å². The molecule has 0 aromatic rings. The largest absolute Gasteiger partial charge is 0.344 e. The van der Waals surface area contributed by atoms with Crippen LogP contribution in [0.25, 0.3) is 0 Å². The fourth-order valence-electron chi connectivity index (χ4n) is 4.45. The highest BCUT2D eigenvalue weighted by molar-refractivity contribution is 5.82. The topological polar surface area (TPSA) is 44.1 Å². The lowest BCUT2D eigenvalue weighted by atomic mass is 10.0.